The molecule has 26 heavy (non-hydrogen) atoms. The van der Waals surface area contributed by atoms with Crippen molar-refractivity contribution in [2.24, 2.45) is 5.41 Å². The van der Waals surface area contributed by atoms with E-state index in [1.54, 1.807) is 6.92 Å². The molecule has 0 radical (unpaired) electrons. The number of rotatable bonds is 3. The van der Waals surface area contributed by atoms with Gasteiger partial charge in [-0.25, -0.2) is 0 Å². The molecule has 1 aromatic rings. The average molecular weight is 369 g/mol. The first-order valence-electron chi connectivity index (χ1n) is 8.50. The van der Waals surface area contributed by atoms with Gasteiger partial charge in [-0.3, -0.25) is 14.9 Å². The average Bonchev–Trinajstić information content (AvgIpc) is 3.07. The second kappa shape index (κ2) is 5.97. The lowest BCUT2D eigenvalue weighted by Crippen LogP contribution is -2.60. The van der Waals surface area contributed by atoms with Crippen LogP contribution >= 0.6 is 0 Å². The molecule has 5 nitrogen and oxygen atoms in total. The van der Waals surface area contributed by atoms with Gasteiger partial charge in [0.2, 0.25) is 11.8 Å². The molecule has 1 aliphatic heterocycles. The molecular weight excluding hydrogens is 347 g/mol. The van der Waals surface area contributed by atoms with Gasteiger partial charge in [-0.2, -0.15) is 13.2 Å². The van der Waals surface area contributed by atoms with Crippen molar-refractivity contribution < 1.29 is 22.8 Å². The minimum Gasteiger partial charge on any atom is -0.345 e. The lowest BCUT2D eigenvalue weighted by atomic mass is 9.94. The molecule has 0 aromatic heterocycles. The number of alkyl halides is 3. The van der Waals surface area contributed by atoms with Gasteiger partial charge in [-0.05, 0) is 36.5 Å². The topological polar surface area (TPSA) is 70.2 Å². The van der Waals surface area contributed by atoms with Gasteiger partial charge in [-0.15, -0.1) is 0 Å². The van der Waals surface area contributed by atoms with E-state index < -0.39 is 23.3 Å². The molecule has 3 unspecified atom stereocenters. The maximum Gasteiger partial charge on any atom is 0.416 e. The monoisotopic (exact) mass is 369 g/mol. The van der Waals surface area contributed by atoms with E-state index in [0.717, 1.165) is 12.1 Å². The van der Waals surface area contributed by atoms with E-state index in [-0.39, 0.29) is 29.8 Å². The third-order valence-electron chi connectivity index (χ3n) is 5.31. The zero-order valence-electron chi connectivity index (χ0n) is 14.8. The molecule has 1 saturated carbocycles. The summed E-state index contributed by atoms with van der Waals surface area (Å²) < 4.78 is 38.4. The number of nitrogens with one attached hydrogen (secondary N) is 3. The van der Waals surface area contributed by atoms with Crippen molar-refractivity contribution in [1.82, 2.24) is 16.0 Å². The van der Waals surface area contributed by atoms with Crippen molar-refractivity contribution >= 4 is 11.8 Å². The Morgan fingerprint density at radius 3 is 2.27 bits per heavy atom. The van der Waals surface area contributed by atoms with Crippen molar-refractivity contribution in [2.75, 3.05) is 0 Å². The van der Waals surface area contributed by atoms with Gasteiger partial charge in [-0.1, -0.05) is 26.0 Å². The molecule has 3 atom stereocenters. The summed E-state index contributed by atoms with van der Waals surface area (Å²) in [6.45, 7) is 5.65. The summed E-state index contributed by atoms with van der Waals surface area (Å²) in [4.78, 5) is 24.4. The van der Waals surface area contributed by atoms with Crippen LogP contribution in [0.15, 0.2) is 24.3 Å². The van der Waals surface area contributed by atoms with Crippen LogP contribution < -0.4 is 16.0 Å². The van der Waals surface area contributed by atoms with Crippen LogP contribution in [0.25, 0.3) is 0 Å². The molecular formula is C18H22F3N3O2. The van der Waals surface area contributed by atoms with E-state index in [1.807, 2.05) is 13.8 Å². The normalized spacial score (nSPS) is 30.5. The summed E-state index contributed by atoms with van der Waals surface area (Å²) in [5.74, 6) is -0.535. The predicted molar refractivity (Wildman–Crippen MR) is 88.8 cm³/mol. The largest absolute Gasteiger partial charge is 0.416 e. The third kappa shape index (κ3) is 3.30. The van der Waals surface area contributed by atoms with Crippen molar-refractivity contribution in [3.63, 3.8) is 0 Å². The van der Waals surface area contributed by atoms with Crippen molar-refractivity contribution in [2.45, 2.75) is 57.5 Å². The Morgan fingerprint density at radius 2 is 1.81 bits per heavy atom. The minimum absolute atomic E-state index is 0.0275. The highest BCUT2D eigenvalue weighted by Gasteiger charge is 2.63. The first kappa shape index (κ1) is 18.7. The Labute approximate surface area is 149 Å². The van der Waals surface area contributed by atoms with Gasteiger partial charge in [0.1, 0.15) is 0 Å². The molecule has 1 saturated heterocycles. The van der Waals surface area contributed by atoms with E-state index in [9.17, 15) is 22.8 Å². The quantitative estimate of drug-likeness (QED) is 0.766. The second-order valence-electron chi connectivity index (χ2n) is 7.74. The molecule has 2 fully saturated rings. The van der Waals surface area contributed by atoms with Gasteiger partial charge in [0.05, 0.1) is 29.7 Å². The summed E-state index contributed by atoms with van der Waals surface area (Å²) in [6.07, 6.45) is -4.07. The summed E-state index contributed by atoms with van der Waals surface area (Å²) in [5, 5.41) is 8.67. The summed E-state index contributed by atoms with van der Waals surface area (Å²) >= 11 is 0. The fourth-order valence-electron chi connectivity index (χ4n) is 3.69. The van der Waals surface area contributed by atoms with Crippen LogP contribution in [0.2, 0.25) is 0 Å². The molecule has 0 bridgehead atoms. The number of carbonyl (C=O) groups excluding carboxylic acids is 2. The summed E-state index contributed by atoms with van der Waals surface area (Å²) in [6, 6.07) is 4.24. The van der Waals surface area contributed by atoms with E-state index in [2.05, 4.69) is 16.0 Å². The van der Waals surface area contributed by atoms with Gasteiger partial charge in [0.15, 0.2) is 0 Å². The fourth-order valence-corrected chi connectivity index (χ4v) is 3.69. The first-order chi connectivity index (χ1) is 11.9. The Hall–Kier alpha value is -2.09. The van der Waals surface area contributed by atoms with Gasteiger partial charge in [0, 0.05) is 0 Å². The number of hydrogen-bond acceptors (Lipinski definition) is 3. The molecule has 3 N–H and O–H groups in total. The first-order valence-corrected chi connectivity index (χ1v) is 8.50. The summed E-state index contributed by atoms with van der Waals surface area (Å²) in [7, 11) is 0. The lowest BCUT2D eigenvalue weighted by Gasteiger charge is -2.31. The number of benzene rings is 1. The van der Waals surface area contributed by atoms with Crippen LogP contribution in [0.5, 0.6) is 0 Å². The van der Waals surface area contributed by atoms with Crippen LogP contribution in [0.4, 0.5) is 13.2 Å². The highest BCUT2D eigenvalue weighted by atomic mass is 19.4. The molecule has 1 aliphatic carbocycles. The number of carbonyl (C=O) groups is 2. The highest BCUT2D eigenvalue weighted by molar-refractivity contribution is 5.90. The smallest absolute Gasteiger partial charge is 0.345 e. The zero-order valence-corrected chi connectivity index (χ0v) is 14.8. The zero-order chi connectivity index (χ0) is 19.3. The maximum absolute atomic E-state index is 12.8. The Kier molecular flexibility index (Phi) is 4.29. The predicted octanol–water partition coefficient (Wildman–Crippen LogP) is 2.27. The van der Waals surface area contributed by atoms with E-state index in [4.69, 9.17) is 0 Å². The van der Waals surface area contributed by atoms with Crippen LogP contribution in [-0.2, 0) is 21.3 Å². The molecule has 2 amide bonds. The second-order valence-corrected chi connectivity index (χ2v) is 7.74. The lowest BCUT2D eigenvalue weighted by molar-refractivity contribution is -0.137. The van der Waals surface area contributed by atoms with E-state index >= 15 is 0 Å². The van der Waals surface area contributed by atoms with E-state index in [0.29, 0.717) is 12.0 Å². The Balaban J connectivity index is 1.81. The molecule has 0 spiro atoms. The van der Waals surface area contributed by atoms with Crippen LogP contribution in [0, 0.1) is 5.41 Å². The standard InChI is InChI=1S/C18H22F3N3O2/c1-10-22-13(8-14(25)23-10)15(26)24-17(9-16(17,2)3)11-4-6-12(7-5-11)18(19,20)21/h4-7,10,13,22H,8-9H2,1-3H3,(H,23,25)(H,24,26). The van der Waals surface area contributed by atoms with Crippen molar-refractivity contribution in [1.29, 1.82) is 0 Å². The van der Waals surface area contributed by atoms with Gasteiger partial charge >= 0.3 is 6.18 Å². The number of hydrogen-bond donors (Lipinski definition) is 3. The highest BCUT2D eigenvalue weighted by Crippen LogP contribution is 2.62. The SMILES string of the molecule is CC1NC(=O)CC(C(=O)NC2(c3ccc(C(F)(F)F)cc3)CC2(C)C)N1. The molecule has 8 heteroatoms. The number of amides is 2. The van der Waals surface area contributed by atoms with Crippen LogP contribution in [0.3, 0.4) is 0 Å². The van der Waals surface area contributed by atoms with Gasteiger partial charge < -0.3 is 10.6 Å². The van der Waals surface area contributed by atoms with Crippen LogP contribution in [0.1, 0.15) is 44.7 Å². The molecule has 1 aromatic carbocycles. The van der Waals surface area contributed by atoms with Crippen LogP contribution in [-0.4, -0.2) is 24.0 Å². The molecule has 2 aliphatic rings. The summed E-state index contributed by atoms with van der Waals surface area (Å²) in [5.41, 5.74) is -1.10. The molecule has 3 rings (SSSR count). The fraction of sp³-hybridized carbons (Fsp3) is 0.556. The Morgan fingerprint density at radius 1 is 1.23 bits per heavy atom. The van der Waals surface area contributed by atoms with Crippen molar-refractivity contribution in [3.8, 4) is 0 Å². The molecule has 1 heterocycles. The minimum atomic E-state index is -4.40. The van der Waals surface area contributed by atoms with E-state index in [1.165, 1.54) is 12.1 Å². The third-order valence-corrected chi connectivity index (χ3v) is 5.31. The van der Waals surface area contributed by atoms with Gasteiger partial charge in [0.25, 0.3) is 0 Å². The number of halogens is 3. The Bertz CT molecular complexity index is 730. The maximum atomic E-state index is 12.8. The molecule has 142 valence electrons. The van der Waals surface area contributed by atoms with Crippen molar-refractivity contribution in [3.05, 3.63) is 35.4 Å².